The van der Waals surface area contributed by atoms with E-state index < -0.39 is 5.60 Å². The maximum Gasteiger partial charge on any atom is 0.410 e. The van der Waals surface area contributed by atoms with Gasteiger partial charge in [0.15, 0.2) is 0 Å². The van der Waals surface area contributed by atoms with Crippen LogP contribution in [0.1, 0.15) is 68.4 Å². The van der Waals surface area contributed by atoms with Gasteiger partial charge in [0.25, 0.3) is 5.91 Å². The molecule has 1 aromatic rings. The second-order valence-electron chi connectivity index (χ2n) is 8.47. The Hall–Kier alpha value is -2.04. The van der Waals surface area contributed by atoms with Crippen molar-refractivity contribution in [2.75, 3.05) is 19.6 Å². The van der Waals surface area contributed by atoms with Gasteiger partial charge in [0.2, 0.25) is 0 Å². The minimum Gasteiger partial charge on any atom is -0.444 e. The second kappa shape index (κ2) is 8.77. The fourth-order valence-corrected chi connectivity index (χ4v) is 3.44. The van der Waals surface area contributed by atoms with Crippen LogP contribution < -0.4 is 0 Å². The smallest absolute Gasteiger partial charge is 0.410 e. The summed E-state index contributed by atoms with van der Waals surface area (Å²) >= 11 is 0. The molecule has 27 heavy (non-hydrogen) atoms. The fourth-order valence-electron chi connectivity index (χ4n) is 3.44. The lowest BCUT2D eigenvalue weighted by Crippen LogP contribution is -2.57. The summed E-state index contributed by atoms with van der Waals surface area (Å²) in [7, 11) is 0. The molecule has 0 N–H and O–H groups in total. The minimum absolute atomic E-state index is 0.00242. The highest BCUT2D eigenvalue weighted by molar-refractivity contribution is 5.96. The molecule has 1 aliphatic rings. The summed E-state index contributed by atoms with van der Waals surface area (Å²) in [6.07, 6.45) is 2.69. The average Bonchev–Trinajstić information content (AvgIpc) is 2.60. The summed E-state index contributed by atoms with van der Waals surface area (Å²) < 4.78 is 5.59. The van der Waals surface area contributed by atoms with Crippen molar-refractivity contribution >= 4 is 12.0 Å². The van der Waals surface area contributed by atoms with E-state index in [-0.39, 0.29) is 18.0 Å². The third-order valence-corrected chi connectivity index (χ3v) is 5.12. The molecule has 5 heteroatoms. The molecule has 1 aliphatic heterocycles. The molecule has 150 valence electrons. The number of aryl methyl sites for hydroxylation is 1. The molecule has 0 aliphatic carbocycles. The Bertz CT molecular complexity index is 679. The standard InChI is InChI=1S/C22H34N2O3/c1-7-8-11-18-15-23(13-14-24(18)21(26)27-22(4,5)6)20(25)19-12-9-10-16(2)17(19)3/h9-10,12,18H,7-8,11,13-15H2,1-6H3. The highest BCUT2D eigenvalue weighted by Crippen LogP contribution is 2.22. The maximum atomic E-state index is 13.1. The van der Waals surface area contributed by atoms with Gasteiger partial charge in [-0.05, 0) is 58.2 Å². The number of hydrogen-bond donors (Lipinski definition) is 0. The van der Waals surface area contributed by atoms with E-state index in [0.717, 1.165) is 36.0 Å². The largest absolute Gasteiger partial charge is 0.444 e. The lowest BCUT2D eigenvalue weighted by molar-refractivity contribution is -0.00219. The number of piperazine rings is 1. The number of carbonyl (C=O) groups is 2. The molecule has 2 amide bonds. The third kappa shape index (κ3) is 5.47. The Morgan fingerprint density at radius 2 is 1.89 bits per heavy atom. The van der Waals surface area contributed by atoms with Gasteiger partial charge in [-0.15, -0.1) is 0 Å². The van der Waals surface area contributed by atoms with E-state index in [4.69, 9.17) is 4.74 Å². The first-order chi connectivity index (χ1) is 12.6. The molecule has 1 aromatic carbocycles. The second-order valence-corrected chi connectivity index (χ2v) is 8.47. The van der Waals surface area contributed by atoms with Crippen molar-refractivity contribution < 1.29 is 14.3 Å². The zero-order valence-corrected chi connectivity index (χ0v) is 17.7. The van der Waals surface area contributed by atoms with E-state index in [0.29, 0.717) is 19.6 Å². The van der Waals surface area contributed by atoms with Crippen LogP contribution in [0.4, 0.5) is 4.79 Å². The first kappa shape index (κ1) is 21.3. The number of nitrogens with zero attached hydrogens (tertiary/aromatic N) is 2. The highest BCUT2D eigenvalue weighted by atomic mass is 16.6. The summed E-state index contributed by atoms with van der Waals surface area (Å²) in [5.41, 5.74) is 2.39. The van der Waals surface area contributed by atoms with Gasteiger partial charge in [-0.2, -0.15) is 0 Å². The molecule has 1 atom stereocenters. The monoisotopic (exact) mass is 374 g/mol. The van der Waals surface area contributed by atoms with Gasteiger partial charge in [0, 0.05) is 25.2 Å². The number of hydrogen-bond acceptors (Lipinski definition) is 3. The van der Waals surface area contributed by atoms with Gasteiger partial charge in [-0.1, -0.05) is 31.9 Å². The lowest BCUT2D eigenvalue weighted by atomic mass is 10.0. The molecule has 0 saturated carbocycles. The zero-order valence-electron chi connectivity index (χ0n) is 17.7. The van der Waals surface area contributed by atoms with Gasteiger partial charge in [-0.3, -0.25) is 4.79 Å². The van der Waals surface area contributed by atoms with Crippen molar-refractivity contribution in [1.82, 2.24) is 9.80 Å². The van der Waals surface area contributed by atoms with Crippen LogP contribution in [0.3, 0.4) is 0 Å². The predicted octanol–water partition coefficient (Wildman–Crippen LogP) is 4.56. The van der Waals surface area contributed by atoms with E-state index in [2.05, 4.69) is 6.92 Å². The number of ether oxygens (including phenoxy) is 1. The van der Waals surface area contributed by atoms with Gasteiger partial charge in [0.1, 0.15) is 5.60 Å². The Kier molecular flexibility index (Phi) is 6.90. The molecule has 0 spiro atoms. The first-order valence-electron chi connectivity index (χ1n) is 9.99. The SMILES string of the molecule is CCCCC1CN(C(=O)c2cccc(C)c2C)CCN1C(=O)OC(C)(C)C. The van der Waals surface area contributed by atoms with Crippen molar-refractivity contribution in [2.45, 2.75) is 72.4 Å². The summed E-state index contributed by atoms with van der Waals surface area (Å²) in [5, 5.41) is 0. The van der Waals surface area contributed by atoms with Gasteiger partial charge in [-0.25, -0.2) is 4.79 Å². The average molecular weight is 375 g/mol. The third-order valence-electron chi connectivity index (χ3n) is 5.12. The van der Waals surface area contributed by atoms with Gasteiger partial charge < -0.3 is 14.5 Å². The van der Waals surface area contributed by atoms with Crippen LogP contribution in [0.15, 0.2) is 18.2 Å². The van der Waals surface area contributed by atoms with Gasteiger partial charge >= 0.3 is 6.09 Å². The Balaban J connectivity index is 2.16. The van der Waals surface area contributed by atoms with Crippen molar-refractivity contribution in [1.29, 1.82) is 0 Å². The van der Waals surface area contributed by atoms with E-state index in [1.807, 2.05) is 62.6 Å². The Morgan fingerprint density at radius 3 is 2.52 bits per heavy atom. The van der Waals surface area contributed by atoms with Crippen molar-refractivity contribution in [2.24, 2.45) is 0 Å². The molecule has 0 radical (unpaired) electrons. The number of amides is 2. The van der Waals surface area contributed by atoms with Crippen molar-refractivity contribution in [3.05, 3.63) is 34.9 Å². The maximum absolute atomic E-state index is 13.1. The van der Waals surface area contributed by atoms with E-state index >= 15 is 0 Å². The zero-order chi connectivity index (χ0) is 20.2. The quantitative estimate of drug-likeness (QED) is 0.776. The van der Waals surface area contributed by atoms with E-state index in [1.165, 1.54) is 0 Å². The molecule has 1 saturated heterocycles. The fraction of sp³-hybridized carbons (Fsp3) is 0.636. The molecule has 1 fully saturated rings. The topological polar surface area (TPSA) is 49.9 Å². The number of carbonyl (C=O) groups excluding carboxylic acids is 2. The van der Waals surface area contributed by atoms with E-state index in [9.17, 15) is 9.59 Å². The van der Waals surface area contributed by atoms with Crippen molar-refractivity contribution in [3.8, 4) is 0 Å². The van der Waals surface area contributed by atoms with Crippen LogP contribution in [-0.4, -0.2) is 53.1 Å². The molecule has 1 heterocycles. The summed E-state index contributed by atoms with van der Waals surface area (Å²) in [4.78, 5) is 29.4. The summed E-state index contributed by atoms with van der Waals surface area (Å²) in [5.74, 6) is 0.0570. The summed E-state index contributed by atoms with van der Waals surface area (Å²) in [6, 6.07) is 5.85. The summed E-state index contributed by atoms with van der Waals surface area (Å²) in [6.45, 7) is 13.4. The normalized spacial score (nSPS) is 17.8. The number of rotatable bonds is 4. The number of unbranched alkanes of at least 4 members (excludes halogenated alkanes) is 1. The highest BCUT2D eigenvalue weighted by Gasteiger charge is 2.35. The number of benzene rings is 1. The van der Waals surface area contributed by atoms with Crippen molar-refractivity contribution in [3.63, 3.8) is 0 Å². The van der Waals surface area contributed by atoms with Crippen LogP contribution in [0, 0.1) is 13.8 Å². The minimum atomic E-state index is -0.516. The molecule has 1 unspecified atom stereocenters. The predicted molar refractivity (Wildman–Crippen MR) is 108 cm³/mol. The van der Waals surface area contributed by atoms with Gasteiger partial charge in [0.05, 0.1) is 6.04 Å². The van der Waals surface area contributed by atoms with E-state index in [1.54, 1.807) is 0 Å². The molecule has 5 nitrogen and oxygen atoms in total. The molecule has 2 rings (SSSR count). The molecule has 0 bridgehead atoms. The van der Waals surface area contributed by atoms with Crippen LogP contribution in [0.2, 0.25) is 0 Å². The lowest BCUT2D eigenvalue weighted by Gasteiger charge is -2.42. The molecular weight excluding hydrogens is 340 g/mol. The molecule has 0 aromatic heterocycles. The van der Waals surface area contributed by atoms with Crippen LogP contribution in [0.5, 0.6) is 0 Å². The molecular formula is C22H34N2O3. The van der Waals surface area contributed by atoms with Crippen LogP contribution in [-0.2, 0) is 4.74 Å². The Morgan fingerprint density at radius 1 is 1.19 bits per heavy atom. The van der Waals surface area contributed by atoms with Crippen LogP contribution in [0.25, 0.3) is 0 Å². The first-order valence-corrected chi connectivity index (χ1v) is 9.99. The Labute approximate surface area is 163 Å². The van der Waals surface area contributed by atoms with Crippen LogP contribution >= 0.6 is 0 Å².